The van der Waals surface area contributed by atoms with Crippen molar-refractivity contribution in [2.45, 2.75) is 46.6 Å². The van der Waals surface area contributed by atoms with Gasteiger partial charge in [0, 0.05) is 24.5 Å². The molecule has 1 amide bonds. The van der Waals surface area contributed by atoms with Crippen molar-refractivity contribution >= 4 is 18.3 Å². The van der Waals surface area contributed by atoms with Crippen LogP contribution in [0.4, 0.5) is 0 Å². The van der Waals surface area contributed by atoms with Crippen LogP contribution < -0.4 is 5.73 Å². The fraction of sp³-hybridized carbons (Fsp3) is 0.611. The summed E-state index contributed by atoms with van der Waals surface area (Å²) in [4.78, 5) is 14.9. The molecule has 1 unspecified atom stereocenters. The number of rotatable bonds is 3. The monoisotopic (exact) mass is 324 g/mol. The number of halogens is 1. The van der Waals surface area contributed by atoms with Gasteiger partial charge in [-0.15, -0.1) is 12.4 Å². The maximum atomic E-state index is 12.9. The van der Waals surface area contributed by atoms with Gasteiger partial charge in [-0.2, -0.15) is 0 Å². The number of carbonyl (C=O) groups excluding carboxylic acids is 1. The number of piperidine rings is 1. The topological polar surface area (TPSA) is 46.3 Å². The summed E-state index contributed by atoms with van der Waals surface area (Å²) in [6.45, 7) is 9.93. The molecule has 1 atom stereocenters. The number of benzene rings is 1. The number of nitrogens with zero attached hydrogens (tertiary/aromatic N) is 1. The Morgan fingerprint density at radius 1 is 1.32 bits per heavy atom. The minimum absolute atomic E-state index is 0. The molecular weight excluding hydrogens is 296 g/mol. The Balaban J connectivity index is 0.00000242. The molecular formula is C18H29ClN2O. The van der Waals surface area contributed by atoms with Crippen molar-refractivity contribution in [2.75, 3.05) is 13.1 Å². The second kappa shape index (κ2) is 7.01. The van der Waals surface area contributed by atoms with Crippen LogP contribution in [0.15, 0.2) is 30.3 Å². The van der Waals surface area contributed by atoms with Crippen molar-refractivity contribution in [1.82, 2.24) is 4.90 Å². The predicted molar refractivity (Wildman–Crippen MR) is 94.1 cm³/mol. The van der Waals surface area contributed by atoms with E-state index in [-0.39, 0.29) is 35.2 Å². The molecule has 1 fully saturated rings. The van der Waals surface area contributed by atoms with Gasteiger partial charge < -0.3 is 10.6 Å². The molecule has 0 aromatic heterocycles. The summed E-state index contributed by atoms with van der Waals surface area (Å²) in [5.74, 6) is 0.242. The molecule has 4 heteroatoms. The molecule has 0 bridgehead atoms. The standard InChI is InChI=1S/C18H28N2O.ClH/c1-17(2,12-14-8-6-5-7-9-14)16(21)20-11-10-15(19)18(3,4)13-20;/h5-9,15H,10-13,19H2,1-4H3;1H. The summed E-state index contributed by atoms with van der Waals surface area (Å²) < 4.78 is 0. The first kappa shape index (κ1) is 19.0. The SMILES string of the molecule is CC(C)(Cc1ccccc1)C(=O)N1CCC(N)C(C)(C)C1.Cl. The molecule has 2 N–H and O–H groups in total. The lowest BCUT2D eigenvalue weighted by atomic mass is 9.77. The van der Waals surface area contributed by atoms with E-state index in [1.54, 1.807) is 0 Å². The van der Waals surface area contributed by atoms with Crippen LogP contribution >= 0.6 is 12.4 Å². The van der Waals surface area contributed by atoms with Gasteiger partial charge in [0.25, 0.3) is 0 Å². The molecule has 0 radical (unpaired) electrons. The second-order valence-corrected chi connectivity index (χ2v) is 7.66. The largest absolute Gasteiger partial charge is 0.342 e. The van der Waals surface area contributed by atoms with Crippen molar-refractivity contribution in [3.63, 3.8) is 0 Å². The van der Waals surface area contributed by atoms with Crippen LogP contribution in [-0.2, 0) is 11.2 Å². The van der Waals surface area contributed by atoms with E-state index in [9.17, 15) is 4.79 Å². The van der Waals surface area contributed by atoms with Crippen molar-refractivity contribution in [1.29, 1.82) is 0 Å². The van der Waals surface area contributed by atoms with E-state index in [0.717, 1.165) is 25.9 Å². The van der Waals surface area contributed by atoms with E-state index in [4.69, 9.17) is 5.73 Å². The predicted octanol–water partition coefficient (Wildman–Crippen LogP) is 3.26. The lowest BCUT2D eigenvalue weighted by Gasteiger charge is -2.45. The molecule has 3 nitrogen and oxygen atoms in total. The zero-order chi connectivity index (χ0) is 15.7. The Morgan fingerprint density at radius 2 is 1.91 bits per heavy atom. The van der Waals surface area contributed by atoms with E-state index in [0.29, 0.717) is 0 Å². The quantitative estimate of drug-likeness (QED) is 0.927. The first-order chi connectivity index (χ1) is 9.72. The molecule has 1 aliphatic rings. The van der Waals surface area contributed by atoms with Gasteiger partial charge in [0.15, 0.2) is 0 Å². The zero-order valence-electron chi connectivity index (χ0n) is 14.1. The van der Waals surface area contributed by atoms with Gasteiger partial charge in [-0.05, 0) is 23.8 Å². The Hall–Kier alpha value is -1.06. The molecule has 22 heavy (non-hydrogen) atoms. The van der Waals surface area contributed by atoms with E-state index in [1.165, 1.54) is 5.56 Å². The van der Waals surface area contributed by atoms with Crippen LogP contribution in [-0.4, -0.2) is 29.9 Å². The summed E-state index contributed by atoms with van der Waals surface area (Å²) >= 11 is 0. The highest BCUT2D eigenvalue weighted by Gasteiger charge is 2.39. The highest BCUT2D eigenvalue weighted by atomic mass is 35.5. The van der Waals surface area contributed by atoms with Crippen LogP contribution in [0, 0.1) is 10.8 Å². The van der Waals surface area contributed by atoms with Gasteiger partial charge in [-0.25, -0.2) is 0 Å². The van der Waals surface area contributed by atoms with Crippen LogP contribution in [0.5, 0.6) is 0 Å². The smallest absolute Gasteiger partial charge is 0.228 e. The second-order valence-electron chi connectivity index (χ2n) is 7.66. The molecule has 0 aliphatic carbocycles. The number of amides is 1. The first-order valence-corrected chi connectivity index (χ1v) is 7.81. The van der Waals surface area contributed by atoms with Gasteiger partial charge in [0.05, 0.1) is 0 Å². The third-order valence-electron chi connectivity index (χ3n) is 4.67. The molecule has 1 aromatic carbocycles. The molecule has 124 valence electrons. The van der Waals surface area contributed by atoms with Crippen molar-refractivity contribution < 1.29 is 4.79 Å². The average molecular weight is 325 g/mol. The van der Waals surface area contributed by atoms with E-state index in [1.807, 2.05) is 36.9 Å². The van der Waals surface area contributed by atoms with E-state index in [2.05, 4.69) is 26.0 Å². The number of hydrogen-bond donors (Lipinski definition) is 1. The fourth-order valence-corrected chi connectivity index (χ4v) is 3.16. The summed E-state index contributed by atoms with van der Waals surface area (Å²) in [5.41, 5.74) is 7.00. The summed E-state index contributed by atoms with van der Waals surface area (Å²) in [5, 5.41) is 0. The Bertz CT molecular complexity index is 499. The lowest BCUT2D eigenvalue weighted by Crippen LogP contribution is -2.56. The normalized spacial score (nSPS) is 21.1. The molecule has 1 heterocycles. The molecule has 1 aliphatic heterocycles. The van der Waals surface area contributed by atoms with Gasteiger partial charge in [-0.3, -0.25) is 4.79 Å². The Labute approximate surface area is 140 Å². The van der Waals surface area contributed by atoms with E-state index >= 15 is 0 Å². The highest BCUT2D eigenvalue weighted by molar-refractivity contribution is 5.85. The molecule has 0 saturated carbocycles. The minimum Gasteiger partial charge on any atom is -0.342 e. The zero-order valence-corrected chi connectivity index (χ0v) is 15.0. The molecule has 1 saturated heterocycles. The molecule has 2 rings (SSSR count). The van der Waals surface area contributed by atoms with Crippen LogP contribution in [0.25, 0.3) is 0 Å². The number of nitrogens with two attached hydrogens (primary N) is 1. The Morgan fingerprint density at radius 3 is 2.45 bits per heavy atom. The highest BCUT2D eigenvalue weighted by Crippen LogP contribution is 2.32. The van der Waals surface area contributed by atoms with Gasteiger partial charge in [0.1, 0.15) is 0 Å². The summed E-state index contributed by atoms with van der Waals surface area (Å²) in [6.07, 6.45) is 1.66. The molecule has 0 spiro atoms. The van der Waals surface area contributed by atoms with E-state index < -0.39 is 0 Å². The third-order valence-corrected chi connectivity index (χ3v) is 4.67. The number of hydrogen-bond acceptors (Lipinski definition) is 2. The van der Waals surface area contributed by atoms with Crippen LogP contribution in [0.3, 0.4) is 0 Å². The lowest BCUT2D eigenvalue weighted by molar-refractivity contribution is -0.143. The maximum Gasteiger partial charge on any atom is 0.228 e. The minimum atomic E-state index is -0.376. The van der Waals surface area contributed by atoms with Gasteiger partial charge >= 0.3 is 0 Å². The number of likely N-dealkylation sites (tertiary alicyclic amines) is 1. The van der Waals surface area contributed by atoms with Crippen molar-refractivity contribution in [3.05, 3.63) is 35.9 Å². The van der Waals surface area contributed by atoms with Crippen LogP contribution in [0.1, 0.15) is 39.7 Å². The maximum absolute atomic E-state index is 12.9. The first-order valence-electron chi connectivity index (χ1n) is 7.81. The van der Waals surface area contributed by atoms with Crippen molar-refractivity contribution in [2.24, 2.45) is 16.6 Å². The Kier molecular flexibility index (Phi) is 6.05. The number of carbonyl (C=O) groups is 1. The fourth-order valence-electron chi connectivity index (χ4n) is 3.16. The third kappa shape index (κ3) is 4.23. The average Bonchev–Trinajstić information content (AvgIpc) is 2.41. The van der Waals surface area contributed by atoms with Crippen LogP contribution in [0.2, 0.25) is 0 Å². The molecule has 1 aromatic rings. The van der Waals surface area contributed by atoms with Gasteiger partial charge in [-0.1, -0.05) is 58.0 Å². The van der Waals surface area contributed by atoms with Crippen molar-refractivity contribution in [3.8, 4) is 0 Å². The van der Waals surface area contributed by atoms with Gasteiger partial charge in [0.2, 0.25) is 5.91 Å². The summed E-state index contributed by atoms with van der Waals surface area (Å²) in [7, 11) is 0. The summed E-state index contributed by atoms with van der Waals surface area (Å²) in [6, 6.07) is 10.4.